The number of pyridine rings is 1. The number of benzene rings is 1. The number of fused-ring (bicyclic) bond motifs is 1. The van der Waals surface area contributed by atoms with E-state index in [0.717, 1.165) is 6.42 Å². The number of carbonyl (C=O) groups is 3. The molecule has 2 aromatic rings. The maximum absolute atomic E-state index is 13.4. The van der Waals surface area contributed by atoms with Crippen molar-refractivity contribution in [1.29, 1.82) is 0 Å². The third-order valence-corrected chi connectivity index (χ3v) is 6.35. The average Bonchev–Trinajstić information content (AvgIpc) is 2.88. The van der Waals surface area contributed by atoms with Gasteiger partial charge in [-0.3, -0.25) is 19.4 Å². The van der Waals surface area contributed by atoms with Crippen LogP contribution in [0.25, 0.3) is 0 Å². The number of ether oxygens (including phenoxy) is 2. The van der Waals surface area contributed by atoms with Crippen LogP contribution in [0.1, 0.15) is 54.5 Å². The lowest BCUT2D eigenvalue weighted by Gasteiger charge is -2.36. The minimum Gasteiger partial charge on any atom is -0.491 e. The molecule has 0 radical (unpaired) electrons. The van der Waals surface area contributed by atoms with E-state index in [1.807, 2.05) is 20.8 Å². The van der Waals surface area contributed by atoms with Crippen molar-refractivity contribution in [2.45, 2.75) is 45.8 Å². The molecule has 0 unspecified atom stereocenters. The van der Waals surface area contributed by atoms with Gasteiger partial charge in [0.15, 0.2) is 0 Å². The molecule has 3 atom stereocenters. The molecule has 1 N–H and O–H groups in total. The van der Waals surface area contributed by atoms with Crippen LogP contribution in [0, 0.1) is 5.92 Å². The minimum atomic E-state index is -0.321. The van der Waals surface area contributed by atoms with E-state index in [-0.39, 0.29) is 42.4 Å². The van der Waals surface area contributed by atoms with Gasteiger partial charge in [0.25, 0.3) is 11.8 Å². The van der Waals surface area contributed by atoms with Crippen molar-refractivity contribution < 1.29 is 23.9 Å². The highest BCUT2D eigenvalue weighted by Gasteiger charge is 2.31. The lowest BCUT2D eigenvalue weighted by Crippen LogP contribution is -2.48. The molecule has 0 aliphatic carbocycles. The van der Waals surface area contributed by atoms with E-state index in [1.165, 1.54) is 0 Å². The van der Waals surface area contributed by atoms with Crippen LogP contribution in [0.4, 0.5) is 5.69 Å². The van der Waals surface area contributed by atoms with Crippen LogP contribution >= 0.6 is 0 Å². The van der Waals surface area contributed by atoms with Crippen LogP contribution in [0.5, 0.6) is 5.75 Å². The van der Waals surface area contributed by atoms with E-state index in [9.17, 15) is 14.4 Å². The van der Waals surface area contributed by atoms with Crippen molar-refractivity contribution in [3.63, 3.8) is 0 Å². The molecule has 1 aliphatic heterocycles. The van der Waals surface area contributed by atoms with Gasteiger partial charge in [0.2, 0.25) is 5.91 Å². The lowest BCUT2D eigenvalue weighted by molar-refractivity contribution is -0.116. The Labute approximate surface area is 212 Å². The molecule has 3 rings (SSSR count). The number of methoxy groups -OCH3 is 1. The summed E-state index contributed by atoms with van der Waals surface area (Å²) in [5.41, 5.74) is 1.28. The molecule has 1 aliphatic rings. The zero-order valence-electron chi connectivity index (χ0n) is 21.7. The number of nitrogens with one attached hydrogen (secondary N) is 1. The average molecular weight is 497 g/mol. The first kappa shape index (κ1) is 27.1. The minimum absolute atomic E-state index is 0.0598. The zero-order valence-corrected chi connectivity index (χ0v) is 21.7. The van der Waals surface area contributed by atoms with Gasteiger partial charge in [-0.15, -0.1) is 0 Å². The van der Waals surface area contributed by atoms with Crippen LogP contribution in [0.3, 0.4) is 0 Å². The molecule has 1 aromatic heterocycles. The summed E-state index contributed by atoms with van der Waals surface area (Å²) < 4.78 is 11.9. The van der Waals surface area contributed by atoms with Gasteiger partial charge in [-0.25, -0.2) is 0 Å². The fourth-order valence-corrected chi connectivity index (χ4v) is 4.22. The summed E-state index contributed by atoms with van der Waals surface area (Å²) in [7, 11) is 3.33. The lowest BCUT2D eigenvalue weighted by atomic mass is 10.0. The highest BCUT2D eigenvalue weighted by Crippen LogP contribution is 2.27. The first-order valence-electron chi connectivity index (χ1n) is 12.3. The van der Waals surface area contributed by atoms with E-state index in [4.69, 9.17) is 9.47 Å². The number of likely N-dealkylation sites (N-methyl/N-ethyl adjacent to an activating group) is 1. The standard InChI is InChI=1S/C27H36N4O5/c1-6-9-25(32)29-20-11-12-21-23(14-20)36-17-19(3)31(27(34)22-10-7-8-13-28-22)15-18(2)24(35-5)16-30(4)26(21)33/h7-8,10-14,18-19,24H,6,9,15-17H2,1-5H3,(H,29,32)/t18-,19+,24-/m1/s1. The summed E-state index contributed by atoms with van der Waals surface area (Å²) in [5, 5.41) is 2.85. The molecule has 9 nitrogen and oxygen atoms in total. The highest BCUT2D eigenvalue weighted by molar-refractivity contribution is 5.98. The van der Waals surface area contributed by atoms with E-state index < -0.39 is 0 Å². The summed E-state index contributed by atoms with van der Waals surface area (Å²) in [6.45, 7) is 6.74. The Balaban J connectivity index is 1.97. The normalized spacial score (nSPS) is 21.0. The third-order valence-electron chi connectivity index (χ3n) is 6.35. The largest absolute Gasteiger partial charge is 0.491 e. The quantitative estimate of drug-likeness (QED) is 0.680. The smallest absolute Gasteiger partial charge is 0.272 e. The molecule has 0 fully saturated rings. The van der Waals surface area contributed by atoms with E-state index in [0.29, 0.717) is 42.2 Å². The maximum atomic E-state index is 13.4. The summed E-state index contributed by atoms with van der Waals surface area (Å²) in [6, 6.07) is 9.94. The fraction of sp³-hybridized carbons (Fsp3) is 0.481. The Bertz CT molecular complexity index is 1060. The van der Waals surface area contributed by atoms with Gasteiger partial charge in [-0.2, -0.15) is 0 Å². The number of hydrogen-bond donors (Lipinski definition) is 1. The first-order valence-corrected chi connectivity index (χ1v) is 12.3. The Kier molecular flexibility index (Phi) is 9.41. The number of amides is 3. The number of rotatable bonds is 5. The van der Waals surface area contributed by atoms with Gasteiger partial charge in [-0.05, 0) is 37.6 Å². The molecule has 0 saturated heterocycles. The van der Waals surface area contributed by atoms with E-state index in [1.54, 1.807) is 66.6 Å². The SMILES string of the molecule is CCCC(=O)Nc1ccc2c(c1)OC[C@H](C)N(C(=O)c1ccccn1)C[C@@H](C)[C@H](OC)CN(C)C2=O. The second-order valence-corrected chi connectivity index (χ2v) is 9.28. The summed E-state index contributed by atoms with van der Waals surface area (Å²) in [5.74, 6) is -0.223. The monoisotopic (exact) mass is 496 g/mol. The van der Waals surface area contributed by atoms with Crippen LogP contribution in [-0.4, -0.2) is 78.5 Å². The molecule has 36 heavy (non-hydrogen) atoms. The van der Waals surface area contributed by atoms with Crippen LogP contribution in [0.2, 0.25) is 0 Å². The van der Waals surface area contributed by atoms with Crippen LogP contribution < -0.4 is 10.1 Å². The molecule has 2 heterocycles. The van der Waals surface area contributed by atoms with Gasteiger partial charge in [0.1, 0.15) is 18.1 Å². The molecule has 0 spiro atoms. The number of aromatic nitrogens is 1. The maximum Gasteiger partial charge on any atom is 0.272 e. The molecule has 0 saturated carbocycles. The number of anilines is 1. The Morgan fingerprint density at radius 3 is 2.64 bits per heavy atom. The second-order valence-electron chi connectivity index (χ2n) is 9.28. The summed E-state index contributed by atoms with van der Waals surface area (Å²) >= 11 is 0. The molecule has 9 heteroatoms. The van der Waals surface area contributed by atoms with Crippen molar-refractivity contribution >= 4 is 23.4 Å². The van der Waals surface area contributed by atoms with Crippen LogP contribution in [-0.2, 0) is 9.53 Å². The summed E-state index contributed by atoms with van der Waals surface area (Å²) in [4.78, 5) is 46.4. The summed E-state index contributed by atoms with van der Waals surface area (Å²) in [6.07, 6.45) is 2.43. The number of hydrogen-bond acceptors (Lipinski definition) is 6. The van der Waals surface area contributed by atoms with E-state index >= 15 is 0 Å². The second kappa shape index (κ2) is 12.5. The number of carbonyl (C=O) groups excluding carboxylic acids is 3. The molecular weight excluding hydrogens is 460 g/mol. The molecular formula is C27H36N4O5. The Hall–Kier alpha value is -3.46. The van der Waals surface area contributed by atoms with Crippen molar-refractivity contribution in [3.8, 4) is 5.75 Å². The van der Waals surface area contributed by atoms with Crippen molar-refractivity contribution in [3.05, 3.63) is 53.9 Å². The van der Waals surface area contributed by atoms with Gasteiger partial charge in [0, 0.05) is 57.5 Å². The van der Waals surface area contributed by atoms with Gasteiger partial charge in [0.05, 0.1) is 17.7 Å². The van der Waals surface area contributed by atoms with Crippen molar-refractivity contribution in [2.75, 3.05) is 39.2 Å². The van der Waals surface area contributed by atoms with Gasteiger partial charge >= 0.3 is 0 Å². The predicted octanol–water partition coefficient (Wildman–Crippen LogP) is 3.47. The topological polar surface area (TPSA) is 101 Å². The molecule has 1 aromatic carbocycles. The first-order chi connectivity index (χ1) is 17.2. The molecule has 0 bridgehead atoms. The molecule has 194 valence electrons. The third kappa shape index (κ3) is 6.60. The Morgan fingerprint density at radius 1 is 1.19 bits per heavy atom. The zero-order chi connectivity index (χ0) is 26.2. The number of nitrogens with zero attached hydrogens (tertiary/aromatic N) is 3. The molecule has 3 amide bonds. The van der Waals surface area contributed by atoms with E-state index in [2.05, 4.69) is 10.3 Å². The van der Waals surface area contributed by atoms with Crippen LogP contribution in [0.15, 0.2) is 42.6 Å². The predicted molar refractivity (Wildman–Crippen MR) is 137 cm³/mol. The van der Waals surface area contributed by atoms with Crippen molar-refractivity contribution in [1.82, 2.24) is 14.8 Å². The van der Waals surface area contributed by atoms with Crippen molar-refractivity contribution in [2.24, 2.45) is 5.92 Å². The highest BCUT2D eigenvalue weighted by atomic mass is 16.5. The fourth-order valence-electron chi connectivity index (χ4n) is 4.22. The van der Waals surface area contributed by atoms with Gasteiger partial charge < -0.3 is 24.6 Å². The Morgan fingerprint density at radius 2 is 1.97 bits per heavy atom. The van der Waals surface area contributed by atoms with Gasteiger partial charge in [-0.1, -0.05) is 19.9 Å².